The zero-order valence-electron chi connectivity index (χ0n) is 13.0. The van der Waals surface area contributed by atoms with Crippen molar-refractivity contribution in [3.8, 4) is 5.75 Å². The van der Waals surface area contributed by atoms with Crippen LogP contribution < -0.4 is 20.7 Å². The van der Waals surface area contributed by atoms with Gasteiger partial charge in [0.15, 0.2) is 0 Å². The molecule has 2 aromatic rings. The number of anilines is 2. The second-order valence-electron chi connectivity index (χ2n) is 5.39. The first-order valence-electron chi connectivity index (χ1n) is 7.64. The molecule has 6 heteroatoms. The molecule has 3 rings (SSSR count). The molecule has 23 heavy (non-hydrogen) atoms. The van der Waals surface area contributed by atoms with E-state index in [2.05, 4.69) is 20.9 Å². The van der Waals surface area contributed by atoms with Crippen molar-refractivity contribution in [3.05, 3.63) is 48.2 Å². The van der Waals surface area contributed by atoms with Crippen LogP contribution in [-0.4, -0.2) is 37.1 Å². The Hall–Kier alpha value is -2.60. The number of nitrogens with zero attached hydrogens (tertiary/aromatic N) is 1. The molecule has 120 valence electrons. The van der Waals surface area contributed by atoms with E-state index >= 15 is 0 Å². The van der Waals surface area contributed by atoms with Crippen LogP contribution in [0.4, 0.5) is 11.5 Å². The minimum Gasteiger partial charge on any atom is -0.495 e. The van der Waals surface area contributed by atoms with Gasteiger partial charge in [-0.05, 0) is 37.2 Å². The van der Waals surface area contributed by atoms with E-state index in [9.17, 15) is 4.79 Å². The molecule has 1 aromatic heterocycles. The Bertz CT molecular complexity index is 684. The lowest BCUT2D eigenvalue weighted by atomic mass is 10.2. The summed E-state index contributed by atoms with van der Waals surface area (Å²) in [5, 5.41) is 9.46. The normalized spacial score (nSPS) is 16.8. The smallest absolute Gasteiger partial charge is 0.255 e. The first-order valence-corrected chi connectivity index (χ1v) is 7.64. The van der Waals surface area contributed by atoms with Gasteiger partial charge in [0, 0.05) is 18.8 Å². The largest absolute Gasteiger partial charge is 0.495 e. The van der Waals surface area contributed by atoms with Crippen LogP contribution in [0.25, 0.3) is 0 Å². The summed E-state index contributed by atoms with van der Waals surface area (Å²) in [6.07, 6.45) is 2.60. The minimum absolute atomic E-state index is 0.121. The number of hydrogen-bond donors (Lipinski definition) is 3. The molecule has 0 spiro atoms. The fraction of sp³-hybridized carbons (Fsp3) is 0.294. The Kier molecular flexibility index (Phi) is 4.73. The summed E-state index contributed by atoms with van der Waals surface area (Å²) in [6.45, 7) is 1.74. The summed E-state index contributed by atoms with van der Waals surface area (Å²) in [4.78, 5) is 16.8. The first kappa shape index (κ1) is 15.3. The lowest BCUT2D eigenvalue weighted by Crippen LogP contribution is -2.36. The van der Waals surface area contributed by atoms with Crippen LogP contribution in [-0.2, 0) is 0 Å². The number of carbonyl (C=O) groups excluding carboxylic acids is 1. The number of benzene rings is 1. The molecule has 1 amide bonds. The van der Waals surface area contributed by atoms with E-state index < -0.39 is 0 Å². The zero-order valence-corrected chi connectivity index (χ0v) is 13.0. The van der Waals surface area contributed by atoms with E-state index in [1.54, 1.807) is 25.4 Å². The maximum Gasteiger partial charge on any atom is 0.255 e. The molecule has 1 saturated heterocycles. The SMILES string of the molecule is COc1ccccc1Nc1ncccc1C(=O)NC1CCNC1. The van der Waals surface area contributed by atoms with Crippen molar-refractivity contribution in [2.75, 3.05) is 25.5 Å². The van der Waals surface area contributed by atoms with E-state index in [-0.39, 0.29) is 11.9 Å². The van der Waals surface area contributed by atoms with E-state index in [4.69, 9.17) is 4.74 Å². The minimum atomic E-state index is -0.121. The van der Waals surface area contributed by atoms with Gasteiger partial charge < -0.3 is 20.7 Å². The number of pyridine rings is 1. The molecule has 1 aliphatic heterocycles. The standard InChI is InChI=1S/C17H20N4O2/c1-23-15-7-3-2-6-14(15)21-16-13(5-4-9-19-16)17(22)20-12-8-10-18-11-12/h2-7,9,12,18H,8,10-11H2,1H3,(H,19,21)(H,20,22). The first-order chi connectivity index (χ1) is 11.3. The maximum absolute atomic E-state index is 12.5. The number of methoxy groups -OCH3 is 1. The third-order valence-corrected chi connectivity index (χ3v) is 3.81. The van der Waals surface area contributed by atoms with Crippen molar-refractivity contribution in [1.82, 2.24) is 15.6 Å². The van der Waals surface area contributed by atoms with Gasteiger partial charge in [-0.3, -0.25) is 4.79 Å². The molecule has 3 N–H and O–H groups in total. The number of aromatic nitrogens is 1. The summed E-state index contributed by atoms with van der Waals surface area (Å²) >= 11 is 0. The third-order valence-electron chi connectivity index (χ3n) is 3.81. The van der Waals surface area contributed by atoms with Gasteiger partial charge in [-0.15, -0.1) is 0 Å². The second-order valence-corrected chi connectivity index (χ2v) is 5.39. The molecule has 0 bridgehead atoms. The Morgan fingerprint density at radius 1 is 1.30 bits per heavy atom. The highest BCUT2D eigenvalue weighted by Crippen LogP contribution is 2.27. The fourth-order valence-electron chi connectivity index (χ4n) is 2.60. The highest BCUT2D eigenvalue weighted by Gasteiger charge is 2.20. The van der Waals surface area contributed by atoms with Crippen LogP contribution >= 0.6 is 0 Å². The fourth-order valence-corrected chi connectivity index (χ4v) is 2.60. The molecule has 1 unspecified atom stereocenters. The Morgan fingerprint density at radius 2 is 2.17 bits per heavy atom. The zero-order chi connectivity index (χ0) is 16.1. The van der Waals surface area contributed by atoms with Gasteiger partial charge in [0.05, 0.1) is 18.4 Å². The number of carbonyl (C=O) groups is 1. The highest BCUT2D eigenvalue weighted by molar-refractivity contribution is 5.99. The number of hydrogen-bond acceptors (Lipinski definition) is 5. The van der Waals surface area contributed by atoms with E-state index in [1.165, 1.54) is 0 Å². The Balaban J connectivity index is 1.81. The molecule has 0 saturated carbocycles. The highest BCUT2D eigenvalue weighted by atomic mass is 16.5. The maximum atomic E-state index is 12.5. The summed E-state index contributed by atoms with van der Waals surface area (Å²) in [7, 11) is 1.61. The van der Waals surface area contributed by atoms with Crippen molar-refractivity contribution < 1.29 is 9.53 Å². The van der Waals surface area contributed by atoms with Crippen molar-refractivity contribution >= 4 is 17.4 Å². The molecule has 0 aliphatic carbocycles. The summed E-state index contributed by atoms with van der Waals surface area (Å²) < 4.78 is 5.33. The van der Waals surface area contributed by atoms with E-state index in [0.29, 0.717) is 17.1 Å². The molecule has 1 atom stereocenters. The summed E-state index contributed by atoms with van der Waals surface area (Å²) in [6, 6.07) is 11.2. The molecule has 6 nitrogen and oxygen atoms in total. The molecular formula is C17H20N4O2. The molecule has 1 fully saturated rings. The predicted octanol–water partition coefficient (Wildman–Crippen LogP) is 1.93. The van der Waals surface area contributed by atoms with Crippen molar-refractivity contribution in [1.29, 1.82) is 0 Å². The van der Waals surface area contributed by atoms with Crippen LogP contribution in [0.2, 0.25) is 0 Å². The average molecular weight is 312 g/mol. The molecule has 2 heterocycles. The summed E-state index contributed by atoms with van der Waals surface area (Å²) in [5.41, 5.74) is 1.29. The van der Waals surface area contributed by atoms with Crippen LogP contribution in [0, 0.1) is 0 Å². The molecular weight excluding hydrogens is 292 g/mol. The van der Waals surface area contributed by atoms with Crippen LogP contribution in [0.5, 0.6) is 5.75 Å². The number of rotatable bonds is 5. The lowest BCUT2D eigenvalue weighted by molar-refractivity contribution is 0.0940. The molecule has 1 aromatic carbocycles. The predicted molar refractivity (Wildman–Crippen MR) is 89.3 cm³/mol. The number of ether oxygens (including phenoxy) is 1. The lowest BCUT2D eigenvalue weighted by Gasteiger charge is -2.15. The second kappa shape index (κ2) is 7.11. The number of amides is 1. The van der Waals surface area contributed by atoms with Crippen molar-refractivity contribution in [2.45, 2.75) is 12.5 Å². The van der Waals surface area contributed by atoms with Crippen LogP contribution in [0.1, 0.15) is 16.8 Å². The number of nitrogens with one attached hydrogen (secondary N) is 3. The van der Waals surface area contributed by atoms with Crippen molar-refractivity contribution in [3.63, 3.8) is 0 Å². The Morgan fingerprint density at radius 3 is 2.96 bits per heavy atom. The third kappa shape index (κ3) is 3.60. The average Bonchev–Trinajstić information content (AvgIpc) is 3.09. The quantitative estimate of drug-likeness (QED) is 0.786. The van der Waals surface area contributed by atoms with Gasteiger partial charge in [-0.2, -0.15) is 0 Å². The molecule has 1 aliphatic rings. The van der Waals surface area contributed by atoms with Gasteiger partial charge in [0.1, 0.15) is 11.6 Å². The van der Waals surface area contributed by atoms with Crippen LogP contribution in [0.3, 0.4) is 0 Å². The molecule has 0 radical (unpaired) electrons. The van der Waals surface area contributed by atoms with E-state index in [0.717, 1.165) is 25.2 Å². The van der Waals surface area contributed by atoms with Gasteiger partial charge in [0.25, 0.3) is 5.91 Å². The van der Waals surface area contributed by atoms with Gasteiger partial charge >= 0.3 is 0 Å². The van der Waals surface area contributed by atoms with E-state index in [1.807, 2.05) is 24.3 Å². The number of para-hydroxylation sites is 2. The van der Waals surface area contributed by atoms with Gasteiger partial charge in [-0.1, -0.05) is 12.1 Å². The van der Waals surface area contributed by atoms with Gasteiger partial charge in [0.2, 0.25) is 0 Å². The van der Waals surface area contributed by atoms with Gasteiger partial charge in [-0.25, -0.2) is 4.98 Å². The monoisotopic (exact) mass is 312 g/mol. The Labute approximate surface area is 135 Å². The van der Waals surface area contributed by atoms with Crippen LogP contribution in [0.15, 0.2) is 42.6 Å². The van der Waals surface area contributed by atoms with Crippen molar-refractivity contribution in [2.24, 2.45) is 0 Å². The summed E-state index contributed by atoms with van der Waals surface area (Å²) in [5.74, 6) is 1.09. The topological polar surface area (TPSA) is 75.3 Å².